The van der Waals surface area contributed by atoms with Gasteiger partial charge in [0.15, 0.2) is 0 Å². The third-order valence-electron chi connectivity index (χ3n) is 3.87. The maximum atomic E-state index is 13.2. The van der Waals surface area contributed by atoms with Gasteiger partial charge in [-0.2, -0.15) is 13.2 Å². The number of alkyl halides is 3. The van der Waals surface area contributed by atoms with Gasteiger partial charge >= 0.3 is 6.18 Å². The Morgan fingerprint density at radius 1 is 1.22 bits per heavy atom. The Bertz CT molecular complexity index is 338. The van der Waals surface area contributed by atoms with E-state index in [1.165, 1.54) is 6.33 Å². The zero-order valence-corrected chi connectivity index (χ0v) is 10.3. The fourth-order valence-corrected chi connectivity index (χ4v) is 2.89. The van der Waals surface area contributed by atoms with Gasteiger partial charge in [-0.1, -0.05) is 25.7 Å². The van der Waals surface area contributed by atoms with Crippen LogP contribution in [0.2, 0.25) is 0 Å². The smallest absolute Gasteiger partial charge is 0.351 e. The average molecular weight is 260 g/mol. The molecule has 1 heterocycles. The van der Waals surface area contributed by atoms with Crippen molar-refractivity contribution in [2.24, 2.45) is 11.8 Å². The zero-order chi connectivity index (χ0) is 13.0. The molecule has 1 aromatic rings. The third kappa shape index (κ3) is 3.50. The number of halogens is 3. The molecule has 1 fully saturated rings. The van der Waals surface area contributed by atoms with E-state index >= 15 is 0 Å². The van der Waals surface area contributed by atoms with Crippen molar-refractivity contribution in [3.8, 4) is 0 Å². The molecular formula is C13H19F3N2. The van der Waals surface area contributed by atoms with Gasteiger partial charge in [0.25, 0.3) is 0 Å². The second-order valence-electron chi connectivity index (χ2n) is 5.16. The summed E-state index contributed by atoms with van der Waals surface area (Å²) < 4.78 is 39.6. The van der Waals surface area contributed by atoms with Gasteiger partial charge < -0.3 is 4.98 Å². The van der Waals surface area contributed by atoms with Crippen molar-refractivity contribution in [2.45, 2.75) is 51.1 Å². The average Bonchev–Trinajstić information content (AvgIpc) is 2.66. The molecule has 0 radical (unpaired) electrons. The molecule has 1 atom stereocenters. The van der Waals surface area contributed by atoms with Crippen LogP contribution in [0.4, 0.5) is 13.2 Å². The first-order valence-corrected chi connectivity index (χ1v) is 6.62. The van der Waals surface area contributed by atoms with Gasteiger partial charge in [0.2, 0.25) is 0 Å². The van der Waals surface area contributed by atoms with Crippen molar-refractivity contribution >= 4 is 0 Å². The van der Waals surface area contributed by atoms with Crippen molar-refractivity contribution in [3.63, 3.8) is 0 Å². The number of nitrogens with zero attached hydrogens (tertiary/aromatic N) is 1. The lowest BCUT2D eigenvalue weighted by atomic mass is 9.83. The molecule has 1 aromatic heterocycles. The summed E-state index contributed by atoms with van der Waals surface area (Å²) in [6.07, 6.45) is 4.31. The van der Waals surface area contributed by atoms with E-state index in [0.29, 0.717) is 18.5 Å². The summed E-state index contributed by atoms with van der Waals surface area (Å²) in [5.74, 6) is -1.47. The molecule has 1 aliphatic rings. The summed E-state index contributed by atoms with van der Waals surface area (Å²) in [4.78, 5) is 6.66. The number of hydrogen-bond donors (Lipinski definition) is 1. The quantitative estimate of drug-likeness (QED) is 0.814. The van der Waals surface area contributed by atoms with Gasteiger partial charge in [0, 0.05) is 12.6 Å². The van der Waals surface area contributed by atoms with Crippen LogP contribution in [0.1, 0.15) is 44.2 Å². The topological polar surface area (TPSA) is 28.7 Å². The largest absolute Gasteiger partial charge is 0.392 e. The standard InChI is InChI=1S/C13H19F3N2/c14-13(15,16)12(7-11-8-17-9-18-11)10-5-3-1-2-4-6-10/h8-10,12H,1-7H2,(H,17,18). The molecule has 0 aliphatic heterocycles. The van der Waals surface area contributed by atoms with E-state index in [-0.39, 0.29) is 12.3 Å². The fraction of sp³-hybridized carbons (Fsp3) is 0.769. The van der Waals surface area contributed by atoms with Crippen LogP contribution in [0, 0.1) is 11.8 Å². The summed E-state index contributed by atoms with van der Waals surface area (Å²) in [5.41, 5.74) is 0.515. The van der Waals surface area contributed by atoms with E-state index in [0.717, 1.165) is 25.7 Å². The minimum absolute atomic E-state index is 0.0116. The second kappa shape index (κ2) is 5.76. The highest BCUT2D eigenvalue weighted by atomic mass is 19.4. The van der Waals surface area contributed by atoms with E-state index in [2.05, 4.69) is 9.97 Å². The van der Waals surface area contributed by atoms with Gasteiger partial charge in [0.05, 0.1) is 17.9 Å². The maximum absolute atomic E-state index is 13.2. The van der Waals surface area contributed by atoms with E-state index in [1.54, 1.807) is 6.20 Å². The predicted octanol–water partition coefficient (Wildman–Crippen LogP) is 4.10. The highest BCUT2D eigenvalue weighted by Crippen LogP contribution is 2.40. The molecule has 0 saturated heterocycles. The Balaban J connectivity index is 2.08. The molecule has 102 valence electrons. The second-order valence-corrected chi connectivity index (χ2v) is 5.16. The van der Waals surface area contributed by atoms with Crippen LogP contribution in [0.25, 0.3) is 0 Å². The van der Waals surface area contributed by atoms with Crippen LogP contribution >= 0.6 is 0 Å². The summed E-state index contributed by atoms with van der Waals surface area (Å²) in [6.45, 7) is 0. The SMILES string of the molecule is FC(F)(F)C(Cc1c[nH]cn1)C1CCCCCC1. The Morgan fingerprint density at radius 2 is 1.89 bits per heavy atom. The first-order valence-electron chi connectivity index (χ1n) is 6.62. The minimum atomic E-state index is -4.12. The van der Waals surface area contributed by atoms with E-state index in [1.807, 2.05) is 0 Å². The Kier molecular flexibility index (Phi) is 4.30. The molecule has 2 rings (SSSR count). The van der Waals surface area contributed by atoms with Gasteiger partial charge in [-0.25, -0.2) is 4.98 Å². The molecule has 18 heavy (non-hydrogen) atoms. The van der Waals surface area contributed by atoms with Crippen LogP contribution in [0.15, 0.2) is 12.5 Å². The lowest BCUT2D eigenvalue weighted by Gasteiger charge is -2.27. The molecule has 2 nitrogen and oxygen atoms in total. The normalized spacial score (nSPS) is 20.6. The molecule has 1 aliphatic carbocycles. The van der Waals surface area contributed by atoms with E-state index < -0.39 is 12.1 Å². The van der Waals surface area contributed by atoms with Crippen molar-refractivity contribution in [1.82, 2.24) is 9.97 Å². The monoisotopic (exact) mass is 260 g/mol. The zero-order valence-electron chi connectivity index (χ0n) is 10.3. The Hall–Kier alpha value is -1.00. The van der Waals surface area contributed by atoms with Crippen molar-refractivity contribution in [1.29, 1.82) is 0 Å². The highest BCUT2D eigenvalue weighted by molar-refractivity contribution is 4.98. The molecule has 0 spiro atoms. The highest BCUT2D eigenvalue weighted by Gasteiger charge is 2.44. The number of nitrogens with one attached hydrogen (secondary N) is 1. The third-order valence-corrected chi connectivity index (χ3v) is 3.87. The van der Waals surface area contributed by atoms with Crippen molar-refractivity contribution in [3.05, 3.63) is 18.2 Å². The van der Waals surface area contributed by atoms with Crippen LogP contribution in [-0.2, 0) is 6.42 Å². The minimum Gasteiger partial charge on any atom is -0.351 e. The van der Waals surface area contributed by atoms with Gasteiger partial charge in [-0.15, -0.1) is 0 Å². The van der Waals surface area contributed by atoms with Crippen LogP contribution in [0.3, 0.4) is 0 Å². The fourth-order valence-electron chi connectivity index (χ4n) is 2.89. The first kappa shape index (κ1) is 13.4. The molecule has 0 aromatic carbocycles. The van der Waals surface area contributed by atoms with Crippen LogP contribution in [0.5, 0.6) is 0 Å². The molecule has 0 amide bonds. The van der Waals surface area contributed by atoms with Crippen LogP contribution < -0.4 is 0 Å². The number of imidazole rings is 1. The number of aromatic nitrogens is 2. The molecule has 1 saturated carbocycles. The molecule has 5 heteroatoms. The van der Waals surface area contributed by atoms with Gasteiger partial charge in [0.1, 0.15) is 0 Å². The Labute approximate surface area is 105 Å². The predicted molar refractivity (Wildman–Crippen MR) is 63.0 cm³/mol. The number of hydrogen-bond acceptors (Lipinski definition) is 1. The van der Waals surface area contributed by atoms with Gasteiger partial charge in [-0.3, -0.25) is 0 Å². The summed E-state index contributed by atoms with van der Waals surface area (Å²) in [5, 5.41) is 0. The van der Waals surface area contributed by atoms with Gasteiger partial charge in [-0.05, 0) is 18.8 Å². The lowest BCUT2D eigenvalue weighted by Crippen LogP contribution is -2.32. The number of rotatable bonds is 3. The van der Waals surface area contributed by atoms with Crippen molar-refractivity contribution < 1.29 is 13.2 Å². The van der Waals surface area contributed by atoms with Crippen molar-refractivity contribution in [2.75, 3.05) is 0 Å². The lowest BCUT2D eigenvalue weighted by molar-refractivity contribution is -0.190. The van der Waals surface area contributed by atoms with E-state index in [9.17, 15) is 13.2 Å². The molecule has 1 unspecified atom stereocenters. The summed E-state index contributed by atoms with van der Waals surface area (Å²) >= 11 is 0. The van der Waals surface area contributed by atoms with E-state index in [4.69, 9.17) is 0 Å². The molecule has 0 bridgehead atoms. The Morgan fingerprint density at radius 3 is 2.39 bits per heavy atom. The summed E-state index contributed by atoms with van der Waals surface area (Å²) in [7, 11) is 0. The number of H-pyrrole nitrogens is 1. The maximum Gasteiger partial charge on any atom is 0.392 e. The first-order chi connectivity index (χ1) is 8.57. The summed E-state index contributed by atoms with van der Waals surface area (Å²) in [6, 6.07) is 0. The molecule has 1 N–H and O–H groups in total. The number of aromatic amines is 1. The molecular weight excluding hydrogens is 241 g/mol. The van der Waals surface area contributed by atoms with Crippen LogP contribution in [-0.4, -0.2) is 16.1 Å².